The number of thiazole rings is 1. The van der Waals surface area contributed by atoms with Crippen LogP contribution in [0.2, 0.25) is 0 Å². The van der Waals surface area contributed by atoms with Crippen LogP contribution >= 0.6 is 11.3 Å². The fourth-order valence-electron chi connectivity index (χ4n) is 1.60. The molecule has 0 radical (unpaired) electrons. The summed E-state index contributed by atoms with van der Waals surface area (Å²) in [5.41, 5.74) is 2.06. The number of methoxy groups -OCH3 is 1. The minimum Gasteiger partial charge on any atom is -0.464 e. The van der Waals surface area contributed by atoms with Crippen molar-refractivity contribution in [3.63, 3.8) is 0 Å². The van der Waals surface area contributed by atoms with Gasteiger partial charge in [0.1, 0.15) is 0 Å². The zero-order valence-corrected chi connectivity index (χ0v) is 12.8. The Labute approximate surface area is 126 Å². The third kappa shape index (κ3) is 3.84. The predicted octanol–water partition coefficient (Wildman–Crippen LogP) is 0.846. The molecule has 9 heteroatoms. The number of aromatic nitrogens is 2. The van der Waals surface area contributed by atoms with E-state index in [1.807, 2.05) is 0 Å². The molecule has 2 aromatic rings. The Balaban J connectivity index is 2.06. The number of nitrogens with one attached hydrogen (secondary N) is 1. The van der Waals surface area contributed by atoms with Gasteiger partial charge in [0.15, 0.2) is 9.90 Å². The van der Waals surface area contributed by atoms with Crippen molar-refractivity contribution in [1.29, 1.82) is 0 Å². The quantitative estimate of drug-likeness (QED) is 0.790. The van der Waals surface area contributed by atoms with Crippen LogP contribution in [0.4, 0.5) is 0 Å². The monoisotopic (exact) mass is 327 g/mol. The zero-order valence-electron chi connectivity index (χ0n) is 11.1. The number of hydrogen-bond donors (Lipinski definition) is 1. The summed E-state index contributed by atoms with van der Waals surface area (Å²) in [5, 5.41) is 0. The molecule has 2 aromatic heterocycles. The minimum absolute atomic E-state index is 0.135. The number of hydrogen-bond acceptors (Lipinski definition) is 7. The van der Waals surface area contributed by atoms with Crippen molar-refractivity contribution < 1.29 is 17.9 Å². The van der Waals surface area contributed by atoms with E-state index in [9.17, 15) is 13.2 Å². The largest absolute Gasteiger partial charge is 0.464 e. The van der Waals surface area contributed by atoms with Crippen LogP contribution in [0.5, 0.6) is 0 Å². The minimum atomic E-state index is -3.78. The first-order valence-corrected chi connectivity index (χ1v) is 8.31. The second-order valence-electron chi connectivity index (χ2n) is 3.98. The van der Waals surface area contributed by atoms with Crippen molar-refractivity contribution >= 4 is 27.3 Å². The molecule has 2 heterocycles. The van der Waals surface area contributed by atoms with Gasteiger partial charge in [-0.15, -0.1) is 11.3 Å². The summed E-state index contributed by atoms with van der Waals surface area (Å²) in [4.78, 5) is 19.1. The summed E-state index contributed by atoms with van der Waals surface area (Å²) < 4.78 is 31.1. The molecule has 0 aliphatic heterocycles. The highest BCUT2D eigenvalue weighted by Gasteiger charge is 2.26. The summed E-state index contributed by atoms with van der Waals surface area (Å²) in [6.07, 6.45) is 3.80. The zero-order chi connectivity index (χ0) is 15.3. The molecule has 0 bridgehead atoms. The van der Waals surface area contributed by atoms with E-state index in [2.05, 4.69) is 19.4 Å². The third-order valence-corrected chi connectivity index (χ3v) is 5.44. The van der Waals surface area contributed by atoms with Crippen LogP contribution in [0.1, 0.15) is 16.1 Å². The van der Waals surface area contributed by atoms with Gasteiger partial charge in [-0.25, -0.2) is 22.9 Å². The van der Waals surface area contributed by atoms with Gasteiger partial charge in [0.2, 0.25) is 0 Å². The highest BCUT2D eigenvalue weighted by molar-refractivity contribution is 7.91. The normalized spacial score (nSPS) is 11.3. The van der Waals surface area contributed by atoms with Crippen LogP contribution in [0, 0.1) is 0 Å². The van der Waals surface area contributed by atoms with E-state index in [0.717, 1.165) is 16.9 Å². The number of rotatable bonds is 6. The van der Waals surface area contributed by atoms with Crippen LogP contribution in [-0.2, 0) is 21.2 Å². The Morgan fingerprint density at radius 3 is 2.76 bits per heavy atom. The molecule has 0 unspecified atom stereocenters. The van der Waals surface area contributed by atoms with Gasteiger partial charge >= 0.3 is 5.97 Å². The van der Waals surface area contributed by atoms with Gasteiger partial charge < -0.3 is 4.74 Å². The molecule has 1 N–H and O–H groups in total. The van der Waals surface area contributed by atoms with Crippen molar-refractivity contribution in [3.8, 4) is 0 Å². The summed E-state index contributed by atoms with van der Waals surface area (Å²) in [7, 11) is -2.61. The van der Waals surface area contributed by atoms with Crippen LogP contribution in [0.3, 0.4) is 0 Å². The highest BCUT2D eigenvalue weighted by atomic mass is 32.2. The number of carbonyl (C=O) groups is 1. The highest BCUT2D eigenvalue weighted by Crippen LogP contribution is 2.20. The standard InChI is InChI=1S/C12H13N3O4S2/c1-19-11(16)10-12(20-8-14-10)21(17,18)15-7-4-9-2-5-13-6-3-9/h2-3,5-6,8,15H,4,7H2,1H3. The Morgan fingerprint density at radius 2 is 2.10 bits per heavy atom. The van der Waals surface area contributed by atoms with E-state index in [1.54, 1.807) is 24.5 Å². The van der Waals surface area contributed by atoms with Crippen molar-refractivity contribution in [1.82, 2.24) is 14.7 Å². The van der Waals surface area contributed by atoms with Crippen LogP contribution in [-0.4, -0.2) is 38.0 Å². The van der Waals surface area contributed by atoms with Gasteiger partial charge in [0, 0.05) is 18.9 Å². The second kappa shape index (κ2) is 6.74. The number of pyridine rings is 1. The smallest absolute Gasteiger partial charge is 0.358 e. The van der Waals surface area contributed by atoms with Crippen molar-refractivity contribution in [2.45, 2.75) is 10.6 Å². The molecule has 7 nitrogen and oxygen atoms in total. The molecule has 0 aliphatic carbocycles. The van der Waals surface area contributed by atoms with E-state index in [0.29, 0.717) is 6.42 Å². The first-order chi connectivity index (χ1) is 10.0. The van der Waals surface area contributed by atoms with Crippen LogP contribution in [0.25, 0.3) is 0 Å². The molecule has 0 atom stereocenters. The van der Waals surface area contributed by atoms with Crippen molar-refractivity contribution in [2.24, 2.45) is 0 Å². The molecule has 112 valence electrons. The molecule has 2 rings (SSSR count). The lowest BCUT2D eigenvalue weighted by Crippen LogP contribution is -2.26. The molecular weight excluding hydrogens is 314 g/mol. The Hall–Kier alpha value is -1.84. The molecule has 21 heavy (non-hydrogen) atoms. The van der Waals surface area contributed by atoms with Crippen LogP contribution < -0.4 is 4.72 Å². The average molecular weight is 327 g/mol. The van der Waals surface area contributed by atoms with E-state index in [1.165, 1.54) is 12.6 Å². The first kappa shape index (κ1) is 15.5. The second-order valence-corrected chi connectivity index (χ2v) is 6.80. The summed E-state index contributed by atoms with van der Waals surface area (Å²) >= 11 is 0.874. The molecule has 0 aliphatic rings. The summed E-state index contributed by atoms with van der Waals surface area (Å²) in [5.74, 6) is -0.772. The van der Waals surface area contributed by atoms with Crippen molar-refractivity contribution in [2.75, 3.05) is 13.7 Å². The lowest BCUT2D eigenvalue weighted by molar-refractivity contribution is 0.0590. The Morgan fingerprint density at radius 1 is 1.38 bits per heavy atom. The lowest BCUT2D eigenvalue weighted by atomic mass is 10.2. The molecule has 0 spiro atoms. The molecule has 0 fully saturated rings. The molecule has 0 amide bonds. The number of ether oxygens (including phenoxy) is 1. The first-order valence-electron chi connectivity index (χ1n) is 5.95. The Kier molecular flexibility index (Phi) is 4.99. The molecule has 0 aromatic carbocycles. The van der Waals surface area contributed by atoms with Crippen LogP contribution in [0.15, 0.2) is 34.2 Å². The summed E-state index contributed by atoms with van der Waals surface area (Å²) in [6, 6.07) is 3.61. The van der Waals surface area contributed by atoms with Gasteiger partial charge in [-0.2, -0.15) is 0 Å². The van der Waals surface area contributed by atoms with E-state index < -0.39 is 16.0 Å². The van der Waals surface area contributed by atoms with Gasteiger partial charge in [-0.05, 0) is 24.1 Å². The summed E-state index contributed by atoms with van der Waals surface area (Å²) in [6.45, 7) is 0.213. The maximum atomic E-state index is 12.2. The van der Waals surface area contributed by atoms with Gasteiger partial charge in [0.05, 0.1) is 12.6 Å². The molecule has 0 saturated carbocycles. The molecular formula is C12H13N3O4S2. The van der Waals surface area contributed by atoms with Crippen molar-refractivity contribution in [3.05, 3.63) is 41.3 Å². The van der Waals surface area contributed by atoms with Gasteiger partial charge in [-0.1, -0.05) is 0 Å². The van der Waals surface area contributed by atoms with Gasteiger partial charge in [-0.3, -0.25) is 4.98 Å². The van der Waals surface area contributed by atoms with E-state index in [-0.39, 0.29) is 16.4 Å². The fraction of sp³-hybridized carbons (Fsp3) is 0.250. The fourth-order valence-corrected chi connectivity index (χ4v) is 3.81. The molecule has 0 saturated heterocycles. The number of sulfonamides is 1. The number of esters is 1. The number of nitrogens with zero attached hydrogens (tertiary/aromatic N) is 2. The number of carbonyl (C=O) groups excluding carboxylic acids is 1. The Bertz CT molecular complexity index is 713. The lowest BCUT2D eigenvalue weighted by Gasteiger charge is -2.06. The van der Waals surface area contributed by atoms with E-state index in [4.69, 9.17) is 0 Å². The average Bonchev–Trinajstić information content (AvgIpc) is 2.98. The third-order valence-electron chi connectivity index (χ3n) is 2.61. The predicted molar refractivity (Wildman–Crippen MR) is 76.6 cm³/mol. The van der Waals surface area contributed by atoms with E-state index >= 15 is 0 Å². The SMILES string of the molecule is COC(=O)c1ncsc1S(=O)(=O)NCCc1ccncc1. The van der Waals surface area contributed by atoms with Gasteiger partial charge in [0.25, 0.3) is 10.0 Å². The maximum Gasteiger partial charge on any atom is 0.358 e. The maximum absolute atomic E-state index is 12.2. The topological polar surface area (TPSA) is 98.2 Å².